The van der Waals surface area contributed by atoms with E-state index >= 15 is 0 Å². The number of anilines is 1. The lowest BCUT2D eigenvalue weighted by Gasteiger charge is -2.30. The maximum atomic E-state index is 13.4. The van der Waals surface area contributed by atoms with Gasteiger partial charge in [0, 0.05) is 20.6 Å². The number of nitrogens with zero attached hydrogens (tertiary/aromatic N) is 2. The molecule has 0 radical (unpaired) electrons. The van der Waals surface area contributed by atoms with Crippen molar-refractivity contribution in [1.29, 1.82) is 0 Å². The molecule has 0 unspecified atom stereocenters. The highest BCUT2D eigenvalue weighted by Crippen LogP contribution is 2.28. The zero-order valence-electron chi connectivity index (χ0n) is 19.1. The van der Waals surface area contributed by atoms with Crippen LogP contribution >= 0.6 is 34.8 Å². The van der Waals surface area contributed by atoms with Crippen molar-refractivity contribution in [3.8, 4) is 5.69 Å². The number of benzene rings is 2. The number of halogens is 1. The third kappa shape index (κ3) is 4.27. The second kappa shape index (κ2) is 8.87. The lowest BCUT2D eigenvalue weighted by atomic mass is 10.0. The lowest BCUT2D eigenvalue weighted by Crippen LogP contribution is -2.54. The predicted molar refractivity (Wildman–Crippen MR) is 145 cm³/mol. The van der Waals surface area contributed by atoms with Crippen LogP contribution in [-0.4, -0.2) is 21.5 Å². The Morgan fingerprint density at radius 3 is 2.33 bits per heavy atom. The summed E-state index contributed by atoms with van der Waals surface area (Å²) in [4.78, 5) is 27.6. The van der Waals surface area contributed by atoms with E-state index in [2.05, 4.69) is 57.6 Å². The van der Waals surface area contributed by atoms with E-state index in [0.717, 1.165) is 33.8 Å². The number of aryl methyl sites for hydroxylation is 4. The van der Waals surface area contributed by atoms with Gasteiger partial charge >= 0.3 is 0 Å². The molecule has 7 heteroatoms. The third-order valence-electron chi connectivity index (χ3n) is 5.86. The monoisotopic (exact) mass is 569 g/mol. The first-order valence-corrected chi connectivity index (χ1v) is 12.0. The molecule has 1 aromatic heterocycles. The van der Waals surface area contributed by atoms with Crippen LogP contribution in [0, 0.1) is 38.2 Å². The van der Waals surface area contributed by atoms with Gasteiger partial charge < -0.3 is 4.57 Å². The summed E-state index contributed by atoms with van der Waals surface area (Å²) in [6.07, 6.45) is 1.66. The summed E-state index contributed by atoms with van der Waals surface area (Å²) in [5.74, 6) is -0.911. The molecule has 1 aliphatic heterocycles. The molecule has 1 fully saturated rings. The summed E-state index contributed by atoms with van der Waals surface area (Å²) in [6.45, 7) is 10.0. The smallest absolute Gasteiger partial charge is 0.270 e. The van der Waals surface area contributed by atoms with E-state index in [-0.39, 0.29) is 10.7 Å². The Morgan fingerprint density at radius 1 is 0.939 bits per heavy atom. The van der Waals surface area contributed by atoms with Gasteiger partial charge in [0.05, 0.1) is 5.69 Å². The molecule has 0 spiro atoms. The van der Waals surface area contributed by atoms with Crippen LogP contribution in [0.5, 0.6) is 0 Å². The standard InChI is InChI=1S/C26H24IN3O2S/c1-14-6-9-23(16(3)10-14)30-25(32)21(24(31)28-26(30)33)13-19-12-17(4)29(18(19)5)20-7-8-22(27)15(2)11-20/h6-13H,1-5H3,(H,28,31,33)/b21-13+. The van der Waals surface area contributed by atoms with Crippen LogP contribution in [0.4, 0.5) is 5.69 Å². The molecule has 2 heterocycles. The van der Waals surface area contributed by atoms with Gasteiger partial charge in [0.2, 0.25) is 0 Å². The van der Waals surface area contributed by atoms with Crippen LogP contribution in [0.2, 0.25) is 0 Å². The van der Waals surface area contributed by atoms with E-state index in [1.54, 1.807) is 6.08 Å². The van der Waals surface area contributed by atoms with Gasteiger partial charge in [-0.2, -0.15) is 0 Å². The molecule has 2 aromatic carbocycles. The van der Waals surface area contributed by atoms with Gasteiger partial charge in [-0.1, -0.05) is 17.7 Å². The van der Waals surface area contributed by atoms with Gasteiger partial charge in [-0.05, 0) is 123 Å². The van der Waals surface area contributed by atoms with Crippen molar-refractivity contribution in [2.24, 2.45) is 0 Å². The quantitative estimate of drug-likeness (QED) is 0.198. The van der Waals surface area contributed by atoms with E-state index in [9.17, 15) is 9.59 Å². The van der Waals surface area contributed by atoms with Gasteiger partial charge in [0.15, 0.2) is 5.11 Å². The minimum atomic E-state index is -0.485. The number of hydrogen-bond acceptors (Lipinski definition) is 3. The molecule has 0 aliphatic carbocycles. The van der Waals surface area contributed by atoms with Crippen molar-refractivity contribution in [2.45, 2.75) is 34.6 Å². The van der Waals surface area contributed by atoms with Crippen LogP contribution in [-0.2, 0) is 9.59 Å². The van der Waals surface area contributed by atoms with Crippen molar-refractivity contribution in [3.05, 3.63) is 85.2 Å². The van der Waals surface area contributed by atoms with Crippen LogP contribution in [0.3, 0.4) is 0 Å². The van der Waals surface area contributed by atoms with E-state index < -0.39 is 11.8 Å². The van der Waals surface area contributed by atoms with E-state index in [1.165, 1.54) is 14.0 Å². The molecule has 168 valence electrons. The van der Waals surface area contributed by atoms with E-state index in [1.807, 2.05) is 52.0 Å². The second-order valence-corrected chi connectivity index (χ2v) is 9.89. The Hall–Kier alpha value is -2.78. The maximum Gasteiger partial charge on any atom is 0.270 e. The van der Waals surface area contributed by atoms with Crippen molar-refractivity contribution >= 4 is 63.5 Å². The van der Waals surface area contributed by atoms with Crippen molar-refractivity contribution in [2.75, 3.05) is 4.90 Å². The average Bonchev–Trinajstić information content (AvgIpc) is 3.02. The molecule has 4 rings (SSSR count). The molecule has 3 aromatic rings. The summed E-state index contributed by atoms with van der Waals surface area (Å²) in [7, 11) is 0. The summed E-state index contributed by atoms with van der Waals surface area (Å²) in [6, 6.07) is 14.1. The minimum absolute atomic E-state index is 0.0580. The largest absolute Gasteiger partial charge is 0.318 e. The fraction of sp³-hybridized carbons (Fsp3) is 0.192. The molecule has 0 bridgehead atoms. The second-order valence-electron chi connectivity index (χ2n) is 8.34. The highest BCUT2D eigenvalue weighted by molar-refractivity contribution is 14.1. The number of hydrogen-bond donors (Lipinski definition) is 1. The number of aromatic nitrogens is 1. The molecule has 1 N–H and O–H groups in total. The fourth-order valence-corrected chi connectivity index (χ4v) is 4.80. The van der Waals surface area contributed by atoms with E-state index in [4.69, 9.17) is 12.2 Å². The van der Waals surface area contributed by atoms with Gasteiger partial charge in [0.1, 0.15) is 5.57 Å². The molecule has 2 amide bonds. The first-order chi connectivity index (χ1) is 15.6. The number of rotatable bonds is 3. The van der Waals surface area contributed by atoms with Gasteiger partial charge in [0.25, 0.3) is 11.8 Å². The Morgan fingerprint density at radius 2 is 1.67 bits per heavy atom. The SMILES string of the molecule is Cc1ccc(N2C(=O)/C(=C/c3cc(C)n(-c4ccc(I)c(C)c4)c3C)C(=O)NC2=S)c(C)c1. The summed E-state index contributed by atoms with van der Waals surface area (Å²) >= 11 is 7.67. The molecular weight excluding hydrogens is 545 g/mol. The lowest BCUT2D eigenvalue weighted by molar-refractivity contribution is -0.122. The number of amides is 2. The number of carbonyl (C=O) groups excluding carboxylic acids is 2. The Labute approximate surface area is 212 Å². The molecule has 0 saturated carbocycles. The molecular formula is C26H24IN3O2S. The third-order valence-corrected chi connectivity index (χ3v) is 7.36. The number of carbonyl (C=O) groups is 2. The minimum Gasteiger partial charge on any atom is -0.318 e. The summed E-state index contributed by atoms with van der Waals surface area (Å²) < 4.78 is 3.33. The molecule has 0 atom stereocenters. The van der Waals surface area contributed by atoms with Crippen LogP contribution < -0.4 is 10.2 Å². The van der Waals surface area contributed by atoms with Crippen LogP contribution in [0.25, 0.3) is 11.8 Å². The van der Waals surface area contributed by atoms with E-state index in [0.29, 0.717) is 5.69 Å². The molecule has 1 aliphatic rings. The average molecular weight is 569 g/mol. The predicted octanol–water partition coefficient (Wildman–Crippen LogP) is 5.46. The first kappa shape index (κ1) is 23.4. The van der Waals surface area contributed by atoms with Gasteiger partial charge in [-0.3, -0.25) is 19.8 Å². The normalized spacial score (nSPS) is 15.4. The van der Waals surface area contributed by atoms with Gasteiger partial charge in [-0.15, -0.1) is 0 Å². The zero-order valence-corrected chi connectivity index (χ0v) is 22.1. The van der Waals surface area contributed by atoms with Crippen molar-refractivity contribution in [1.82, 2.24) is 9.88 Å². The van der Waals surface area contributed by atoms with Crippen LogP contribution in [0.15, 0.2) is 48.0 Å². The Bertz CT molecular complexity index is 1370. The number of nitrogens with one attached hydrogen (secondary N) is 1. The molecule has 33 heavy (non-hydrogen) atoms. The highest BCUT2D eigenvalue weighted by atomic mass is 127. The zero-order chi connectivity index (χ0) is 24.0. The summed E-state index contributed by atoms with van der Waals surface area (Å²) in [5, 5.41) is 2.77. The topological polar surface area (TPSA) is 54.3 Å². The Balaban J connectivity index is 1.78. The first-order valence-electron chi connectivity index (χ1n) is 10.5. The Kier molecular flexibility index (Phi) is 6.28. The van der Waals surface area contributed by atoms with Crippen molar-refractivity contribution in [3.63, 3.8) is 0 Å². The van der Waals surface area contributed by atoms with Gasteiger partial charge in [-0.25, -0.2) is 0 Å². The molecule has 5 nitrogen and oxygen atoms in total. The number of thiocarbonyl (C=S) groups is 1. The highest BCUT2D eigenvalue weighted by Gasteiger charge is 2.35. The van der Waals surface area contributed by atoms with Crippen LogP contribution in [0.1, 0.15) is 33.6 Å². The fourth-order valence-electron chi connectivity index (χ4n) is 4.19. The molecule has 1 saturated heterocycles. The van der Waals surface area contributed by atoms with Crippen molar-refractivity contribution < 1.29 is 9.59 Å². The maximum absolute atomic E-state index is 13.4. The summed E-state index contributed by atoms with van der Waals surface area (Å²) in [5.41, 5.74) is 7.75.